The maximum absolute atomic E-state index is 12.7. The van der Waals surface area contributed by atoms with E-state index in [2.05, 4.69) is 4.98 Å². The maximum atomic E-state index is 12.7. The van der Waals surface area contributed by atoms with Crippen molar-refractivity contribution in [3.05, 3.63) is 59.9 Å². The van der Waals surface area contributed by atoms with Gasteiger partial charge in [0.1, 0.15) is 5.75 Å². The third-order valence-corrected chi connectivity index (χ3v) is 3.72. The number of aromatic nitrogens is 1. The van der Waals surface area contributed by atoms with E-state index in [9.17, 15) is 4.79 Å². The summed E-state index contributed by atoms with van der Waals surface area (Å²) in [6.07, 6.45) is 5.05. The van der Waals surface area contributed by atoms with Gasteiger partial charge in [0, 0.05) is 11.8 Å². The van der Waals surface area contributed by atoms with Crippen LogP contribution in [0.3, 0.4) is 0 Å². The van der Waals surface area contributed by atoms with Crippen LogP contribution in [0.4, 0.5) is 0 Å². The average Bonchev–Trinajstić information content (AvgIpc) is 3.29. The third kappa shape index (κ3) is 2.01. The second-order valence-electron chi connectivity index (χ2n) is 4.89. The van der Waals surface area contributed by atoms with E-state index in [4.69, 9.17) is 4.74 Å². The summed E-state index contributed by atoms with van der Waals surface area (Å²) in [5.41, 5.74) is 1.39. The molecule has 3 nitrogen and oxygen atoms in total. The maximum Gasteiger partial charge on any atom is 0.175 e. The SMILES string of the molecule is COc1cncc(C(=O)C2(c3ccccc3)CC2)c1. The van der Waals surface area contributed by atoms with Gasteiger partial charge in [-0.25, -0.2) is 0 Å². The van der Waals surface area contributed by atoms with Crippen molar-refractivity contribution in [1.29, 1.82) is 0 Å². The number of ketones is 1. The fourth-order valence-electron chi connectivity index (χ4n) is 2.46. The average molecular weight is 253 g/mol. The van der Waals surface area contributed by atoms with Gasteiger partial charge in [-0.05, 0) is 24.5 Å². The molecule has 3 heteroatoms. The molecule has 0 bridgehead atoms. The van der Waals surface area contributed by atoms with Gasteiger partial charge < -0.3 is 4.74 Å². The van der Waals surface area contributed by atoms with Crippen LogP contribution in [0.1, 0.15) is 28.8 Å². The first-order chi connectivity index (χ1) is 9.26. The van der Waals surface area contributed by atoms with Crippen molar-refractivity contribution in [1.82, 2.24) is 4.98 Å². The molecule has 0 saturated heterocycles. The van der Waals surface area contributed by atoms with Crippen LogP contribution in [-0.2, 0) is 5.41 Å². The molecule has 0 aliphatic heterocycles. The summed E-state index contributed by atoms with van der Waals surface area (Å²) in [4.78, 5) is 16.8. The molecule has 1 saturated carbocycles. The van der Waals surface area contributed by atoms with Crippen LogP contribution in [0.15, 0.2) is 48.8 Å². The smallest absolute Gasteiger partial charge is 0.175 e. The molecule has 1 fully saturated rings. The second kappa shape index (κ2) is 4.50. The van der Waals surface area contributed by atoms with Crippen molar-refractivity contribution in [2.45, 2.75) is 18.3 Å². The molecule has 1 aromatic carbocycles. The molecule has 0 spiro atoms. The van der Waals surface area contributed by atoms with Crippen LogP contribution in [0.5, 0.6) is 5.75 Å². The summed E-state index contributed by atoms with van der Waals surface area (Å²) in [5, 5.41) is 0. The molecule has 1 aliphatic carbocycles. The molecule has 96 valence electrons. The lowest BCUT2D eigenvalue weighted by Gasteiger charge is -2.14. The van der Waals surface area contributed by atoms with Crippen molar-refractivity contribution in [2.24, 2.45) is 0 Å². The quantitative estimate of drug-likeness (QED) is 0.786. The summed E-state index contributed by atoms with van der Waals surface area (Å²) in [7, 11) is 1.58. The Kier molecular flexibility index (Phi) is 2.82. The number of methoxy groups -OCH3 is 1. The third-order valence-electron chi connectivity index (χ3n) is 3.72. The number of pyridine rings is 1. The number of hydrogen-bond donors (Lipinski definition) is 0. The van der Waals surface area contributed by atoms with Crippen molar-refractivity contribution < 1.29 is 9.53 Å². The Morgan fingerprint density at radius 2 is 1.95 bits per heavy atom. The Morgan fingerprint density at radius 3 is 2.58 bits per heavy atom. The molecular formula is C16H15NO2. The molecule has 1 heterocycles. The number of Topliss-reactive ketones (excluding diaryl/α,β-unsaturated/α-hetero) is 1. The first-order valence-electron chi connectivity index (χ1n) is 6.36. The highest BCUT2D eigenvalue weighted by Crippen LogP contribution is 2.50. The number of rotatable bonds is 4. The van der Waals surface area contributed by atoms with Crippen LogP contribution < -0.4 is 4.74 Å². The molecule has 0 atom stereocenters. The fraction of sp³-hybridized carbons (Fsp3) is 0.250. The molecule has 2 aromatic rings. The van der Waals surface area contributed by atoms with Crippen LogP contribution >= 0.6 is 0 Å². The van der Waals surface area contributed by atoms with E-state index >= 15 is 0 Å². The minimum absolute atomic E-state index is 0.144. The van der Waals surface area contributed by atoms with E-state index < -0.39 is 0 Å². The predicted octanol–water partition coefficient (Wildman–Crippen LogP) is 3.00. The molecule has 0 amide bonds. The Morgan fingerprint density at radius 1 is 1.21 bits per heavy atom. The van der Waals surface area contributed by atoms with Crippen molar-refractivity contribution in [3.63, 3.8) is 0 Å². The highest BCUT2D eigenvalue weighted by molar-refractivity contribution is 6.06. The standard InChI is InChI=1S/C16H15NO2/c1-19-14-9-12(10-17-11-14)15(18)16(7-8-16)13-5-3-2-4-6-13/h2-6,9-11H,7-8H2,1H3. The zero-order valence-electron chi connectivity index (χ0n) is 10.8. The van der Waals surface area contributed by atoms with E-state index in [1.807, 2.05) is 30.3 Å². The van der Waals surface area contributed by atoms with Crippen LogP contribution in [0, 0.1) is 0 Å². The number of carbonyl (C=O) groups excluding carboxylic acids is 1. The highest BCUT2D eigenvalue weighted by atomic mass is 16.5. The monoisotopic (exact) mass is 253 g/mol. The van der Waals surface area contributed by atoms with Gasteiger partial charge in [0.15, 0.2) is 5.78 Å². The zero-order chi connectivity index (χ0) is 13.3. The lowest BCUT2D eigenvalue weighted by Crippen LogP contribution is -2.20. The molecule has 0 radical (unpaired) electrons. The fourth-order valence-corrected chi connectivity index (χ4v) is 2.46. The Hall–Kier alpha value is -2.16. The van der Waals surface area contributed by atoms with Gasteiger partial charge in [-0.2, -0.15) is 0 Å². The van der Waals surface area contributed by atoms with E-state index in [0.29, 0.717) is 11.3 Å². The molecule has 0 N–H and O–H groups in total. The van der Waals surface area contributed by atoms with Crippen LogP contribution in [-0.4, -0.2) is 17.9 Å². The van der Waals surface area contributed by atoms with Crippen molar-refractivity contribution in [2.75, 3.05) is 7.11 Å². The summed E-state index contributed by atoms with van der Waals surface area (Å²) >= 11 is 0. The number of nitrogens with zero attached hydrogens (tertiary/aromatic N) is 1. The van der Waals surface area contributed by atoms with Gasteiger partial charge in [0.2, 0.25) is 0 Å². The first kappa shape index (κ1) is 11.9. The predicted molar refractivity (Wildman–Crippen MR) is 72.5 cm³/mol. The lowest BCUT2D eigenvalue weighted by molar-refractivity contribution is 0.0945. The molecule has 1 aromatic heterocycles. The minimum Gasteiger partial charge on any atom is -0.495 e. The van der Waals surface area contributed by atoms with E-state index in [0.717, 1.165) is 18.4 Å². The number of carbonyl (C=O) groups is 1. The van der Waals surface area contributed by atoms with Gasteiger partial charge in [0.05, 0.1) is 18.7 Å². The van der Waals surface area contributed by atoms with Gasteiger partial charge >= 0.3 is 0 Å². The second-order valence-corrected chi connectivity index (χ2v) is 4.89. The lowest BCUT2D eigenvalue weighted by atomic mass is 9.88. The summed E-state index contributed by atoms with van der Waals surface area (Å²) in [6.45, 7) is 0. The summed E-state index contributed by atoms with van der Waals surface area (Å²) in [5.74, 6) is 0.764. The Bertz CT molecular complexity index is 603. The topological polar surface area (TPSA) is 39.2 Å². The van der Waals surface area contributed by atoms with Crippen LogP contribution in [0.25, 0.3) is 0 Å². The molecule has 1 aliphatic rings. The Labute approximate surface area is 112 Å². The minimum atomic E-state index is -0.338. The molecule has 19 heavy (non-hydrogen) atoms. The first-order valence-corrected chi connectivity index (χ1v) is 6.36. The van der Waals surface area contributed by atoms with Gasteiger partial charge in [-0.1, -0.05) is 30.3 Å². The Balaban J connectivity index is 1.96. The largest absolute Gasteiger partial charge is 0.495 e. The van der Waals surface area contributed by atoms with Crippen molar-refractivity contribution in [3.8, 4) is 5.75 Å². The van der Waals surface area contributed by atoms with E-state index in [-0.39, 0.29) is 11.2 Å². The van der Waals surface area contributed by atoms with Crippen molar-refractivity contribution >= 4 is 5.78 Å². The van der Waals surface area contributed by atoms with E-state index in [1.54, 1.807) is 25.6 Å². The number of hydrogen-bond acceptors (Lipinski definition) is 3. The van der Waals surface area contributed by atoms with E-state index in [1.165, 1.54) is 0 Å². The molecular weight excluding hydrogens is 238 g/mol. The summed E-state index contributed by atoms with van der Waals surface area (Å²) in [6, 6.07) is 11.7. The highest BCUT2D eigenvalue weighted by Gasteiger charge is 2.51. The van der Waals surface area contributed by atoms with Crippen LogP contribution in [0.2, 0.25) is 0 Å². The number of benzene rings is 1. The summed E-state index contributed by atoms with van der Waals surface area (Å²) < 4.78 is 5.13. The molecule has 0 unspecified atom stereocenters. The van der Waals surface area contributed by atoms with Gasteiger partial charge in [0.25, 0.3) is 0 Å². The van der Waals surface area contributed by atoms with Gasteiger partial charge in [-0.3, -0.25) is 9.78 Å². The van der Waals surface area contributed by atoms with Gasteiger partial charge in [-0.15, -0.1) is 0 Å². The molecule has 3 rings (SSSR count). The normalized spacial score (nSPS) is 15.8. The zero-order valence-corrected chi connectivity index (χ0v) is 10.8. The number of ether oxygens (including phenoxy) is 1.